The van der Waals surface area contributed by atoms with Crippen LogP contribution in [0.1, 0.15) is 216 Å². The predicted octanol–water partition coefficient (Wildman–Crippen LogP) is 27.3. The zero-order chi connectivity index (χ0) is 83.3. The summed E-state index contributed by atoms with van der Waals surface area (Å²) in [6.07, 6.45) is 14.2. The molecule has 13 heteroatoms. The second-order valence-corrected chi connectivity index (χ2v) is 71.1. The minimum absolute atomic E-state index is 0.172. The van der Waals surface area contributed by atoms with Gasteiger partial charge in [-0.05, 0) is 497 Å². The van der Waals surface area contributed by atoms with Crippen molar-refractivity contribution in [1.82, 2.24) is 19.6 Å². The van der Waals surface area contributed by atoms with Crippen LogP contribution >= 0.6 is 0 Å². The predicted molar refractivity (Wildman–Crippen MR) is 528 cm³/mol. The minimum Gasteiger partial charge on any atom is -0.417 e. The van der Waals surface area contributed by atoms with Crippen molar-refractivity contribution in [3.63, 3.8) is 0 Å². The lowest BCUT2D eigenvalue weighted by atomic mass is 9.51. The van der Waals surface area contributed by atoms with Crippen molar-refractivity contribution < 1.29 is 22.4 Å². The smallest absolute Gasteiger partial charge is 0.191 e. The lowest BCUT2D eigenvalue weighted by Crippen LogP contribution is -2.65. The van der Waals surface area contributed by atoms with Gasteiger partial charge in [-0.15, -0.1) is 0 Å². The van der Waals surface area contributed by atoms with Crippen LogP contribution in [0.4, 0.5) is 0 Å². The van der Waals surface area contributed by atoms with Crippen LogP contribution in [0.15, 0.2) is 22.3 Å². The van der Waals surface area contributed by atoms with Gasteiger partial charge in [0.15, 0.2) is 44.5 Å². The van der Waals surface area contributed by atoms with E-state index in [9.17, 15) is 4.74 Å². The van der Waals surface area contributed by atoms with Crippen molar-refractivity contribution in [2.24, 2.45) is 23.7 Å². The quantitative estimate of drug-likeness (QED) is 0.0422. The highest BCUT2D eigenvalue weighted by Gasteiger charge is 2.96. The molecule has 626 valence electrons. The lowest BCUT2D eigenvalue weighted by Gasteiger charge is -2.63. The van der Waals surface area contributed by atoms with E-state index in [1.54, 1.807) is 282 Å². The van der Waals surface area contributed by atoms with Gasteiger partial charge in [-0.2, -0.15) is 0 Å². The first-order valence-electron chi connectivity index (χ1n) is 50.2. The molecular weight excluding hydrogens is 1590 g/mol. The highest BCUT2D eigenvalue weighted by Crippen LogP contribution is 2.97. The van der Waals surface area contributed by atoms with E-state index >= 15 is 0 Å². The van der Waals surface area contributed by atoms with Crippen LogP contribution in [-0.4, -0.2) is 137 Å². The summed E-state index contributed by atoms with van der Waals surface area (Å²) >= 11 is 0. The van der Waals surface area contributed by atoms with Crippen LogP contribution < -0.4 is 0 Å². The van der Waals surface area contributed by atoms with E-state index in [1.165, 1.54) is 51.4 Å². The summed E-state index contributed by atoms with van der Waals surface area (Å²) in [6, 6.07) is 0. The van der Waals surface area contributed by atoms with Crippen LogP contribution in [0.3, 0.4) is 0 Å². The van der Waals surface area contributed by atoms with Crippen molar-refractivity contribution in [3.8, 4) is 0 Å². The van der Waals surface area contributed by atoms with E-state index in [-0.39, 0.29) is 20.2 Å². The molecule has 2 spiro atoms. The van der Waals surface area contributed by atoms with Crippen molar-refractivity contribution in [1.29, 1.82) is 0 Å². The van der Waals surface area contributed by atoms with Crippen LogP contribution in [-0.2, 0) is 50.2 Å². The molecule has 21 aromatic carbocycles. The zero-order valence-corrected chi connectivity index (χ0v) is 81.1. The normalized spacial score (nSPS) is 29.0. The molecule has 125 heavy (non-hydrogen) atoms. The Morgan fingerprint density at radius 1 is 0.232 bits per heavy atom. The molecule has 0 radical (unpaired) electrons. The third-order valence-corrected chi connectivity index (χ3v) is 62.4. The van der Waals surface area contributed by atoms with Gasteiger partial charge in [-0.3, -0.25) is 19.6 Å². The second kappa shape index (κ2) is 18.6. The van der Waals surface area contributed by atoms with Gasteiger partial charge in [-0.25, -0.2) is 0 Å². The molecule has 0 saturated carbocycles. The average Bonchev–Trinajstić information content (AvgIpc) is 1.35. The minimum atomic E-state index is -1.99. The highest BCUT2D eigenvalue weighted by atomic mass is 28.4. The third kappa shape index (κ3) is 5.74. The molecule has 0 bridgehead atoms. The standard InChI is InChI=1S/C112H112N4O5Si4/c1-103(2,3)122(13,14)117-41-29-45-21-33-113(34-22-45)107-89-79-69-59-54-49-50-52-53-51(49)56-62-60(54)70(69)80-82-72(62)74-64(56)66-58(53)68-67-57(52)65-63-55(50)61(59)71-73(63)83-85-75(65)77(67)87-88-78(68)76(66)86-84(74)94-92(82)108(90(80)89,114-35-23-46(24-36-114)30-42-118-123(15,16)104(4,5)6)100-99(107)101-109(93(83)91(107)81(71)79,115-37-25-47(26-38-115)31-43-119-124(17,18)105(7,8)9)95(85)97(87)111-98(88)96(86)110(94,102(100)112(101,111)121-111)116-39-27-48(28-40-116)32-44-120-125(19,20)106(10,11)12/h45-48H,21-44H2,1-20H3/t107-,108+,109-,110+,111?,112?. The molecule has 0 aromatic heterocycles. The summed E-state index contributed by atoms with van der Waals surface area (Å²) in [5, 5.41) is 68.3. The molecular formula is C112H112N4O5Si4. The molecule has 9 nitrogen and oxygen atoms in total. The third-order valence-electron chi connectivity index (χ3n) is 44.3. The van der Waals surface area contributed by atoms with Gasteiger partial charge in [0.25, 0.3) is 0 Å². The Hall–Kier alpha value is -6.51. The molecule has 37 rings (SSSR count). The first kappa shape index (κ1) is 69.4. The Balaban J connectivity index is 0.720. The number of ether oxygens (including phenoxy) is 1. The van der Waals surface area contributed by atoms with Crippen LogP contribution in [0.25, 0.3) is 215 Å². The van der Waals surface area contributed by atoms with Crippen molar-refractivity contribution in [2.75, 3.05) is 78.8 Å². The largest absolute Gasteiger partial charge is 0.417 e. The van der Waals surface area contributed by atoms with Crippen LogP contribution in [0.5, 0.6) is 0 Å². The number of epoxide rings is 1. The molecule has 5 saturated heterocycles. The topological polar surface area (TPSA) is 62.4 Å². The summed E-state index contributed by atoms with van der Waals surface area (Å²) < 4.78 is 39.0. The number of rotatable bonds is 20. The Labute approximate surface area is 731 Å². The Morgan fingerprint density at radius 2 is 0.392 bits per heavy atom. The first-order valence-corrected chi connectivity index (χ1v) is 61.8. The maximum absolute atomic E-state index is 9.79. The average molecular weight is 1710 g/mol. The number of benzene rings is 15. The van der Waals surface area contributed by atoms with E-state index < -0.39 is 66.6 Å². The van der Waals surface area contributed by atoms with E-state index in [0.29, 0.717) is 23.7 Å². The van der Waals surface area contributed by atoms with Crippen LogP contribution in [0.2, 0.25) is 72.5 Å². The summed E-state index contributed by atoms with van der Waals surface area (Å²) in [5.41, 5.74) is 21.1. The molecule has 5 heterocycles. The van der Waals surface area contributed by atoms with Crippen molar-refractivity contribution in [3.05, 3.63) is 77.9 Å². The zero-order valence-electron chi connectivity index (χ0n) is 77.1. The highest BCUT2D eigenvalue weighted by molar-refractivity contribution is 6.79. The summed E-state index contributed by atoms with van der Waals surface area (Å²) in [4.78, 5) is 13.6. The number of hydrogen-bond acceptors (Lipinski definition) is 9. The molecule has 6 atom stereocenters. The Morgan fingerprint density at radius 3 is 0.584 bits per heavy atom. The van der Waals surface area contributed by atoms with Gasteiger partial charge < -0.3 is 22.4 Å². The fraction of sp³-hybridized carbons (Fsp3) is 0.518. The monoisotopic (exact) mass is 1700 g/mol. The molecule has 0 N–H and O–H groups in total. The fourth-order valence-corrected chi connectivity index (χ4v) is 40.1. The lowest BCUT2D eigenvalue weighted by molar-refractivity contribution is 0.0481. The molecule has 5 fully saturated rings. The van der Waals surface area contributed by atoms with E-state index in [4.69, 9.17) is 17.7 Å². The molecule has 2 unspecified atom stereocenters. The number of hydrogen-bond donors (Lipinski definition) is 0. The molecule has 21 aromatic rings. The Bertz CT molecular complexity index is 8290. The van der Waals surface area contributed by atoms with Crippen molar-refractivity contribution in [2.45, 2.75) is 266 Å². The Kier molecular flexibility index (Phi) is 10.3. The fourth-order valence-electron chi connectivity index (χ4n) is 35.8. The number of likely N-dealkylation sites (tertiary alicyclic amines) is 4. The summed E-state index contributed by atoms with van der Waals surface area (Å²) in [5.74, 6) is 2.39. The van der Waals surface area contributed by atoms with Gasteiger partial charge in [0.1, 0.15) is 0 Å². The van der Waals surface area contributed by atoms with E-state index in [2.05, 4.69) is 155 Å². The first-order chi connectivity index (χ1) is 59.6. The van der Waals surface area contributed by atoms with Gasteiger partial charge in [0.05, 0.1) is 22.2 Å². The molecule has 16 aliphatic rings. The van der Waals surface area contributed by atoms with Gasteiger partial charge in [0, 0.05) is 48.7 Å². The van der Waals surface area contributed by atoms with Crippen LogP contribution in [0, 0.1) is 23.7 Å². The van der Waals surface area contributed by atoms with Gasteiger partial charge in [0.2, 0.25) is 0 Å². The second-order valence-electron chi connectivity index (χ2n) is 51.9. The summed E-state index contributed by atoms with van der Waals surface area (Å²) in [6.45, 7) is 61.4. The van der Waals surface area contributed by atoms with E-state index in [1.807, 2.05) is 11.1 Å². The van der Waals surface area contributed by atoms with Crippen molar-refractivity contribution >= 4 is 249 Å². The number of nitrogens with zero attached hydrogens (tertiary/aromatic N) is 4. The number of piperidine rings is 4. The summed E-state index contributed by atoms with van der Waals surface area (Å²) in [7, 11) is -7.95. The maximum Gasteiger partial charge on any atom is 0.191 e. The molecule has 11 aliphatic carbocycles. The SMILES string of the molecule is CC(C)(C)[Si](C)(C)OCCC1CCN([C@@]23C4=C5C6=C7C48OC84c8c2c2c9c3c3c%10c%11c(c%12c%13c%14c(c%15c%16c%17c(c4c4c8c8c2c2c%18c9c%10c9c%10c%11c%13c%11c%13c%14c%16c%14c%16c%17c4c4c8c2c2c(c4%16)c(c%14%13)c(c%10%11)c2c%189)[C@]7%15N2CCC(CCO[Si](C)(C)C(C)(C)C)CC2)[C@]6%12N2CCC(CCO[Si](C)(C)C(C)(C)C)CC2)[C@]53N2CCC(CCO[Si](C)(C)C(C)(C)C)CC2)CC1. The van der Waals surface area contributed by atoms with Gasteiger partial charge >= 0.3 is 0 Å². The van der Waals surface area contributed by atoms with E-state index in [0.717, 1.165) is 104 Å². The molecule has 0 amide bonds. The maximum atomic E-state index is 9.79. The molecule has 5 aliphatic heterocycles. The van der Waals surface area contributed by atoms with Gasteiger partial charge in [-0.1, -0.05) is 83.1 Å².